The van der Waals surface area contributed by atoms with Crippen LogP contribution >= 0.6 is 0 Å². The Morgan fingerprint density at radius 1 is 0.559 bits per heavy atom. The average Bonchev–Trinajstić information content (AvgIpc) is 3.66. The monoisotopic (exact) mass is 783 g/mol. The predicted molar refractivity (Wildman–Crippen MR) is 249 cm³/mol. The van der Waals surface area contributed by atoms with Gasteiger partial charge in [0.25, 0.3) is 0 Å². The van der Waals surface area contributed by atoms with E-state index in [2.05, 4.69) is 93.6 Å². The lowest BCUT2D eigenvalue weighted by atomic mass is 9.83. The van der Waals surface area contributed by atoms with E-state index in [1.54, 1.807) is 12.1 Å². The molecule has 0 fully saturated rings. The van der Waals surface area contributed by atoms with Crippen LogP contribution in [0.15, 0.2) is 146 Å². The molecule has 0 saturated carbocycles. The Hall–Kier alpha value is -6.26. The van der Waals surface area contributed by atoms with Gasteiger partial charge >= 0.3 is 0 Å². The highest BCUT2D eigenvalue weighted by molar-refractivity contribution is 5.97. The lowest BCUT2D eigenvalue weighted by molar-refractivity contribution is 0.477. The number of para-hydroxylation sites is 2. The van der Waals surface area contributed by atoms with Crippen molar-refractivity contribution in [1.29, 1.82) is 0 Å². The SMILES string of the molecule is [2H]c1nc(-c2cc(-c3cccc4c3nc(-c3ccccc3O)n4-c3cc(C(C)(C)C)ccc3-c3ccc(C(C)(C)C)cc3)cc(C(C)(C)C)c2)c([2H])c(-c2c([2H])c([2H])c(C([2H])([2H])[2H])c([2H])c2[2H])c1[2H]. The minimum absolute atomic E-state index is 0.0381. The molecule has 2 aromatic heterocycles. The Morgan fingerprint density at radius 3 is 1.90 bits per heavy atom. The van der Waals surface area contributed by atoms with Crippen LogP contribution in [-0.2, 0) is 16.2 Å². The molecule has 0 aliphatic heterocycles. The molecule has 2 heterocycles. The summed E-state index contributed by atoms with van der Waals surface area (Å²) in [5.74, 6) is 0.565. The highest BCUT2D eigenvalue weighted by Gasteiger charge is 2.25. The summed E-state index contributed by atoms with van der Waals surface area (Å²) in [5.41, 5.74) is 7.31. The standard InChI is InChI=1S/C55H55N3O/c1-35-18-20-36(21-19-35)38-28-29-56-47(33-38)40-30-39(31-43(32-40)55(8,9)10)45-15-13-16-48-51(45)57-52(46-14-11-12-17-50(46)59)58(48)49-34-42(54(5,6)7)26-27-44(49)37-22-24-41(25-23-37)53(2,3)4/h11-34,59H,1-10H3/i1D3,18D,19D,20D,21D,28D,29D,33D. The second-order valence-corrected chi connectivity index (χ2v) is 18.3. The molecule has 8 rings (SSSR count). The fourth-order valence-electron chi connectivity index (χ4n) is 7.37. The van der Waals surface area contributed by atoms with Gasteiger partial charge in [-0.2, -0.15) is 0 Å². The minimum Gasteiger partial charge on any atom is -0.507 e. The molecular weight excluding hydrogens is 719 g/mol. The highest BCUT2D eigenvalue weighted by Crippen LogP contribution is 2.43. The zero-order valence-electron chi connectivity index (χ0n) is 45.1. The molecule has 0 unspecified atom stereocenters. The quantitative estimate of drug-likeness (QED) is 0.183. The first-order valence-corrected chi connectivity index (χ1v) is 19.9. The van der Waals surface area contributed by atoms with E-state index in [1.165, 1.54) is 5.56 Å². The first kappa shape index (κ1) is 29.0. The number of benzene rings is 6. The molecule has 8 aromatic rings. The average molecular weight is 784 g/mol. The first-order valence-electron chi connectivity index (χ1n) is 24.9. The maximum Gasteiger partial charge on any atom is 0.149 e. The summed E-state index contributed by atoms with van der Waals surface area (Å²) in [6.45, 7) is 16.2. The molecule has 0 saturated heterocycles. The number of imidazole rings is 1. The number of aromatic nitrogens is 3. The van der Waals surface area contributed by atoms with Gasteiger partial charge in [0.15, 0.2) is 0 Å². The Bertz CT molecular complexity index is 3320. The Balaban J connectivity index is 1.43. The van der Waals surface area contributed by atoms with Gasteiger partial charge in [-0.1, -0.05) is 159 Å². The number of fused-ring (bicyclic) bond motifs is 1. The molecule has 59 heavy (non-hydrogen) atoms. The van der Waals surface area contributed by atoms with Crippen LogP contribution in [0.4, 0.5) is 0 Å². The third-order valence-corrected chi connectivity index (χ3v) is 10.8. The molecule has 0 bridgehead atoms. The van der Waals surface area contributed by atoms with Crippen molar-refractivity contribution in [3.8, 4) is 67.5 Å². The van der Waals surface area contributed by atoms with Gasteiger partial charge in [0.2, 0.25) is 0 Å². The summed E-state index contributed by atoms with van der Waals surface area (Å²) in [5, 5.41) is 11.5. The Labute approximate surface area is 364 Å². The molecule has 0 amide bonds. The number of aromatic hydroxyl groups is 1. The van der Waals surface area contributed by atoms with E-state index in [-0.39, 0.29) is 27.8 Å². The molecule has 0 aliphatic carbocycles. The summed E-state index contributed by atoms with van der Waals surface area (Å²) in [4.78, 5) is 9.84. The topological polar surface area (TPSA) is 50.9 Å². The van der Waals surface area contributed by atoms with Crippen molar-refractivity contribution in [3.05, 3.63) is 168 Å². The van der Waals surface area contributed by atoms with E-state index in [0.29, 0.717) is 33.6 Å². The number of rotatable bonds is 6. The number of hydrogen-bond acceptors (Lipinski definition) is 3. The molecule has 6 aromatic carbocycles. The summed E-state index contributed by atoms with van der Waals surface area (Å²) in [6.07, 6.45) is -0.565. The molecule has 0 radical (unpaired) electrons. The van der Waals surface area contributed by atoms with Gasteiger partial charge in [-0.15, -0.1) is 0 Å². The van der Waals surface area contributed by atoms with Crippen molar-refractivity contribution < 1.29 is 18.8 Å². The van der Waals surface area contributed by atoms with Gasteiger partial charge in [-0.25, -0.2) is 4.98 Å². The van der Waals surface area contributed by atoms with Gasteiger partial charge in [0, 0.05) is 27.0 Å². The molecule has 4 heteroatoms. The van der Waals surface area contributed by atoms with Crippen LogP contribution in [0.1, 0.15) is 98.3 Å². The van der Waals surface area contributed by atoms with E-state index in [0.717, 1.165) is 33.5 Å². The van der Waals surface area contributed by atoms with Crippen LogP contribution < -0.4 is 0 Å². The van der Waals surface area contributed by atoms with Gasteiger partial charge in [0.1, 0.15) is 11.6 Å². The van der Waals surface area contributed by atoms with Crippen LogP contribution in [0, 0.1) is 6.85 Å². The Kier molecular flexibility index (Phi) is 7.30. The lowest BCUT2D eigenvalue weighted by Gasteiger charge is -2.24. The van der Waals surface area contributed by atoms with Crippen LogP contribution in [-0.4, -0.2) is 19.6 Å². The van der Waals surface area contributed by atoms with Crippen LogP contribution in [0.2, 0.25) is 0 Å². The number of phenolic OH excluding ortho intramolecular Hbond substituents is 1. The predicted octanol–water partition coefficient (Wildman–Crippen LogP) is 14.7. The van der Waals surface area contributed by atoms with E-state index in [4.69, 9.17) is 17.3 Å². The molecule has 4 nitrogen and oxygen atoms in total. The Morgan fingerprint density at radius 2 is 1.22 bits per heavy atom. The smallest absolute Gasteiger partial charge is 0.149 e. The second kappa shape index (κ2) is 14.8. The normalized spacial score (nSPS) is 14.9. The second-order valence-electron chi connectivity index (χ2n) is 18.3. The van der Waals surface area contributed by atoms with Gasteiger partial charge in [-0.05, 0) is 111 Å². The van der Waals surface area contributed by atoms with E-state index in [1.807, 2.05) is 69.3 Å². The zero-order chi connectivity index (χ0) is 50.4. The van der Waals surface area contributed by atoms with Gasteiger partial charge in [0.05, 0.1) is 37.6 Å². The van der Waals surface area contributed by atoms with E-state index >= 15 is 0 Å². The van der Waals surface area contributed by atoms with Crippen LogP contribution in [0.5, 0.6) is 5.75 Å². The van der Waals surface area contributed by atoms with Crippen LogP contribution in [0.3, 0.4) is 0 Å². The van der Waals surface area contributed by atoms with Crippen molar-refractivity contribution in [1.82, 2.24) is 14.5 Å². The van der Waals surface area contributed by atoms with Crippen molar-refractivity contribution in [2.75, 3.05) is 0 Å². The molecule has 0 atom stereocenters. The number of nitrogens with zero attached hydrogens (tertiary/aromatic N) is 3. The van der Waals surface area contributed by atoms with E-state index < -0.39 is 65.8 Å². The largest absolute Gasteiger partial charge is 0.507 e. The maximum absolute atomic E-state index is 11.5. The highest BCUT2D eigenvalue weighted by atomic mass is 16.3. The maximum atomic E-state index is 11.5. The van der Waals surface area contributed by atoms with Gasteiger partial charge < -0.3 is 5.11 Å². The number of pyridine rings is 1. The zero-order valence-corrected chi connectivity index (χ0v) is 35.1. The fourth-order valence-corrected chi connectivity index (χ4v) is 7.37. The molecule has 0 spiro atoms. The first-order chi connectivity index (χ1) is 32.1. The van der Waals surface area contributed by atoms with Crippen molar-refractivity contribution in [2.24, 2.45) is 0 Å². The van der Waals surface area contributed by atoms with Crippen LogP contribution in [0.25, 0.3) is 72.7 Å². The molecule has 1 N–H and O–H groups in total. The summed E-state index contributed by atoms with van der Waals surface area (Å²) in [7, 11) is 0. The minimum atomic E-state index is -2.96. The number of hydrogen-bond donors (Lipinski definition) is 1. The van der Waals surface area contributed by atoms with Crippen molar-refractivity contribution >= 4 is 11.0 Å². The molecule has 0 aliphatic rings. The van der Waals surface area contributed by atoms with Crippen molar-refractivity contribution in [2.45, 2.75) is 85.4 Å². The van der Waals surface area contributed by atoms with E-state index in [9.17, 15) is 6.48 Å². The number of phenols is 1. The third kappa shape index (κ3) is 7.84. The fraction of sp³-hybridized carbons (Fsp3) is 0.236. The molecular formula is C55H55N3O. The van der Waals surface area contributed by atoms with Crippen molar-refractivity contribution in [3.63, 3.8) is 0 Å². The molecule has 296 valence electrons. The summed E-state index contributed by atoms with van der Waals surface area (Å²) >= 11 is 0. The van der Waals surface area contributed by atoms with Gasteiger partial charge in [-0.3, -0.25) is 9.55 Å². The third-order valence-electron chi connectivity index (χ3n) is 10.8. The summed E-state index contributed by atoms with van der Waals surface area (Å²) in [6, 6.07) is 29.8. The lowest BCUT2D eigenvalue weighted by Crippen LogP contribution is -2.13. The summed E-state index contributed by atoms with van der Waals surface area (Å²) < 4.78 is 87.9.